The zero-order valence-corrected chi connectivity index (χ0v) is 14.5. The normalized spacial score (nSPS) is 11.7. The summed E-state index contributed by atoms with van der Waals surface area (Å²) < 4.78 is 40.6. The molecule has 2 N–H and O–H groups in total. The van der Waals surface area contributed by atoms with Crippen LogP contribution in [0.25, 0.3) is 16.9 Å². The van der Waals surface area contributed by atoms with Crippen LogP contribution in [-0.2, 0) is 12.8 Å². The minimum atomic E-state index is -4.42. The van der Waals surface area contributed by atoms with Crippen LogP contribution in [0.3, 0.4) is 0 Å². The Morgan fingerprint density at radius 2 is 1.82 bits per heavy atom. The van der Waals surface area contributed by atoms with E-state index in [9.17, 15) is 18.3 Å². The maximum absolute atomic E-state index is 12.9. The molecule has 2 heterocycles. The van der Waals surface area contributed by atoms with Crippen LogP contribution < -0.4 is 5.32 Å². The van der Waals surface area contributed by atoms with Crippen molar-refractivity contribution >= 4 is 17.2 Å². The number of imidazole rings is 1. The number of alkyl halides is 3. The van der Waals surface area contributed by atoms with Crippen LogP contribution in [0, 0.1) is 0 Å². The second kappa shape index (κ2) is 6.97. The van der Waals surface area contributed by atoms with E-state index < -0.39 is 11.7 Å². The van der Waals surface area contributed by atoms with Gasteiger partial charge in [0.1, 0.15) is 0 Å². The number of halogens is 3. The molecule has 0 amide bonds. The standard InChI is InChI=1S/C20H15F3N4O/c21-20(22,23)15-2-1-3-16(10-15)26-18-19-25-11-17(27(19)9-8-24-18)14-6-4-13(12-28)5-7-14/h1-11,28H,12H2,(H,24,26). The highest BCUT2D eigenvalue weighted by Crippen LogP contribution is 2.32. The molecule has 0 aliphatic carbocycles. The topological polar surface area (TPSA) is 62.5 Å². The van der Waals surface area contributed by atoms with Crippen LogP contribution in [0.4, 0.5) is 24.7 Å². The molecule has 0 atom stereocenters. The molecule has 0 fully saturated rings. The van der Waals surface area contributed by atoms with Crippen molar-refractivity contribution in [2.75, 3.05) is 5.32 Å². The SMILES string of the molecule is OCc1ccc(-c2cnc3c(Nc4cccc(C(F)(F)F)c4)nccn23)cc1. The number of aliphatic hydroxyl groups excluding tert-OH is 1. The third kappa shape index (κ3) is 3.41. The van der Waals surface area contributed by atoms with Crippen molar-refractivity contribution in [2.24, 2.45) is 0 Å². The highest BCUT2D eigenvalue weighted by atomic mass is 19.4. The molecule has 0 saturated carbocycles. The number of benzene rings is 2. The number of rotatable bonds is 4. The first-order valence-electron chi connectivity index (χ1n) is 8.42. The molecule has 0 bridgehead atoms. The average molecular weight is 384 g/mol. The van der Waals surface area contributed by atoms with E-state index in [0.29, 0.717) is 11.5 Å². The fraction of sp³-hybridized carbons (Fsp3) is 0.100. The van der Waals surface area contributed by atoms with Gasteiger partial charge in [-0.1, -0.05) is 30.3 Å². The zero-order chi connectivity index (χ0) is 19.7. The van der Waals surface area contributed by atoms with E-state index in [1.54, 1.807) is 23.0 Å². The predicted molar refractivity (Wildman–Crippen MR) is 99.1 cm³/mol. The lowest BCUT2D eigenvalue weighted by Crippen LogP contribution is -2.05. The smallest absolute Gasteiger partial charge is 0.392 e. The van der Waals surface area contributed by atoms with Gasteiger partial charge in [0.2, 0.25) is 0 Å². The van der Waals surface area contributed by atoms with E-state index >= 15 is 0 Å². The van der Waals surface area contributed by atoms with Crippen LogP contribution in [0.5, 0.6) is 0 Å². The number of nitrogens with zero attached hydrogens (tertiary/aromatic N) is 3. The van der Waals surface area contributed by atoms with Gasteiger partial charge in [0.25, 0.3) is 0 Å². The van der Waals surface area contributed by atoms with Gasteiger partial charge in [-0.05, 0) is 23.8 Å². The molecule has 2 aromatic heterocycles. The summed E-state index contributed by atoms with van der Waals surface area (Å²) in [7, 11) is 0. The van der Waals surface area contributed by atoms with Gasteiger partial charge < -0.3 is 10.4 Å². The van der Waals surface area contributed by atoms with Crippen LogP contribution in [0.2, 0.25) is 0 Å². The van der Waals surface area contributed by atoms with E-state index in [0.717, 1.165) is 29.0 Å². The van der Waals surface area contributed by atoms with E-state index in [1.165, 1.54) is 12.1 Å². The Hall–Kier alpha value is -3.39. The first kappa shape index (κ1) is 18.0. The summed E-state index contributed by atoms with van der Waals surface area (Å²) in [4.78, 5) is 8.59. The molecule has 0 radical (unpaired) electrons. The third-order valence-electron chi connectivity index (χ3n) is 4.31. The van der Waals surface area contributed by atoms with Gasteiger partial charge in [0.15, 0.2) is 11.5 Å². The van der Waals surface area contributed by atoms with Crippen LogP contribution in [0.1, 0.15) is 11.1 Å². The third-order valence-corrected chi connectivity index (χ3v) is 4.31. The lowest BCUT2D eigenvalue weighted by atomic mass is 10.1. The van der Waals surface area contributed by atoms with Crippen molar-refractivity contribution in [3.05, 3.63) is 78.2 Å². The van der Waals surface area contributed by atoms with Gasteiger partial charge in [-0.15, -0.1) is 0 Å². The Morgan fingerprint density at radius 1 is 1.04 bits per heavy atom. The second-order valence-corrected chi connectivity index (χ2v) is 6.17. The molecule has 4 aromatic rings. The van der Waals surface area contributed by atoms with Gasteiger partial charge in [-0.2, -0.15) is 13.2 Å². The number of aliphatic hydroxyl groups is 1. The Bertz CT molecular complexity index is 1120. The molecule has 28 heavy (non-hydrogen) atoms. The van der Waals surface area contributed by atoms with Crippen molar-refractivity contribution in [3.63, 3.8) is 0 Å². The quantitative estimate of drug-likeness (QED) is 0.538. The predicted octanol–water partition coefficient (Wildman–Crippen LogP) is 4.65. The molecule has 0 saturated heterocycles. The molecule has 0 aliphatic rings. The molecule has 0 aliphatic heterocycles. The van der Waals surface area contributed by atoms with E-state index in [1.807, 2.05) is 24.3 Å². The van der Waals surface area contributed by atoms with Gasteiger partial charge in [0.05, 0.1) is 24.1 Å². The highest BCUT2D eigenvalue weighted by Gasteiger charge is 2.30. The van der Waals surface area contributed by atoms with E-state index in [-0.39, 0.29) is 12.3 Å². The van der Waals surface area contributed by atoms with Crippen molar-refractivity contribution < 1.29 is 18.3 Å². The number of aromatic nitrogens is 3. The minimum Gasteiger partial charge on any atom is -0.392 e. The number of fused-ring (bicyclic) bond motifs is 1. The van der Waals surface area contributed by atoms with Crippen molar-refractivity contribution in [2.45, 2.75) is 12.8 Å². The molecular formula is C20H15F3N4O. The van der Waals surface area contributed by atoms with Crippen molar-refractivity contribution in [3.8, 4) is 11.3 Å². The van der Waals surface area contributed by atoms with Gasteiger partial charge in [0, 0.05) is 23.6 Å². The first-order valence-corrected chi connectivity index (χ1v) is 8.42. The Balaban J connectivity index is 1.71. The lowest BCUT2D eigenvalue weighted by molar-refractivity contribution is -0.137. The number of nitrogens with one attached hydrogen (secondary N) is 1. The first-order chi connectivity index (χ1) is 13.5. The average Bonchev–Trinajstić information content (AvgIpc) is 3.13. The maximum Gasteiger partial charge on any atom is 0.416 e. The van der Waals surface area contributed by atoms with Crippen LogP contribution in [-0.4, -0.2) is 19.5 Å². The molecule has 0 unspecified atom stereocenters. The summed E-state index contributed by atoms with van der Waals surface area (Å²) in [6.45, 7) is -0.0393. The minimum absolute atomic E-state index is 0.0393. The summed E-state index contributed by atoms with van der Waals surface area (Å²) in [5.41, 5.74) is 2.51. The summed E-state index contributed by atoms with van der Waals surface area (Å²) >= 11 is 0. The molecule has 4 rings (SSSR count). The second-order valence-electron chi connectivity index (χ2n) is 6.17. The Morgan fingerprint density at radius 3 is 2.54 bits per heavy atom. The monoisotopic (exact) mass is 384 g/mol. The summed E-state index contributed by atoms with van der Waals surface area (Å²) in [5, 5.41) is 12.1. The lowest BCUT2D eigenvalue weighted by Gasteiger charge is -2.11. The summed E-state index contributed by atoms with van der Waals surface area (Å²) in [5.74, 6) is 0.347. The maximum atomic E-state index is 12.9. The number of hydrogen-bond donors (Lipinski definition) is 2. The fourth-order valence-electron chi connectivity index (χ4n) is 2.91. The summed E-state index contributed by atoms with van der Waals surface area (Å²) in [6, 6.07) is 12.3. The highest BCUT2D eigenvalue weighted by molar-refractivity contribution is 5.74. The Labute approximate surface area is 158 Å². The van der Waals surface area contributed by atoms with Crippen LogP contribution >= 0.6 is 0 Å². The van der Waals surface area contributed by atoms with Crippen LogP contribution in [0.15, 0.2) is 67.1 Å². The summed E-state index contributed by atoms with van der Waals surface area (Å²) in [6.07, 6.45) is 0.534. The molecule has 142 valence electrons. The number of hydrogen-bond acceptors (Lipinski definition) is 4. The molecule has 5 nitrogen and oxygen atoms in total. The molecule has 8 heteroatoms. The van der Waals surface area contributed by atoms with Gasteiger partial charge in [-0.25, -0.2) is 9.97 Å². The molecular weight excluding hydrogens is 369 g/mol. The van der Waals surface area contributed by atoms with Gasteiger partial charge >= 0.3 is 6.18 Å². The van der Waals surface area contributed by atoms with E-state index in [4.69, 9.17) is 0 Å². The van der Waals surface area contributed by atoms with Crippen molar-refractivity contribution in [1.82, 2.24) is 14.4 Å². The van der Waals surface area contributed by atoms with Gasteiger partial charge in [-0.3, -0.25) is 4.40 Å². The fourth-order valence-corrected chi connectivity index (χ4v) is 2.91. The molecule has 2 aromatic carbocycles. The zero-order valence-electron chi connectivity index (χ0n) is 14.5. The number of anilines is 2. The Kier molecular flexibility index (Phi) is 4.48. The molecule has 0 spiro atoms. The van der Waals surface area contributed by atoms with E-state index in [2.05, 4.69) is 15.3 Å². The largest absolute Gasteiger partial charge is 0.416 e. The van der Waals surface area contributed by atoms with Crippen molar-refractivity contribution in [1.29, 1.82) is 0 Å².